The van der Waals surface area contributed by atoms with Gasteiger partial charge in [0, 0.05) is 47.4 Å². The van der Waals surface area contributed by atoms with Crippen molar-refractivity contribution in [2.45, 2.75) is 39.3 Å². The topological polar surface area (TPSA) is 26.5 Å². The molecule has 1 saturated carbocycles. The van der Waals surface area contributed by atoms with Crippen LogP contribution in [0.3, 0.4) is 0 Å². The van der Waals surface area contributed by atoms with Crippen LogP contribution in [0, 0.1) is 91.8 Å². The molecule has 0 saturated heterocycles. The minimum Gasteiger partial charge on any atom is -0.631 e. The molecule has 238 valence electrons. The van der Waals surface area contributed by atoms with E-state index in [1.807, 2.05) is 51.4 Å². The quantitative estimate of drug-likeness (QED) is 0.125. The Hall–Kier alpha value is -0.859. The molecule has 7 heteroatoms. The maximum absolute atomic E-state index is 5.92. The van der Waals surface area contributed by atoms with E-state index in [0.717, 1.165) is 0 Å². The number of hydrogen-bond donors (Lipinski definition) is 0. The molecule has 46 heavy (non-hydrogen) atoms. The molecule has 1 aliphatic rings. The van der Waals surface area contributed by atoms with Gasteiger partial charge in [-0.3, -0.25) is 0 Å². The Morgan fingerprint density at radius 1 is 0.457 bits per heavy atom. The van der Waals surface area contributed by atoms with Crippen molar-refractivity contribution < 1.29 is 40.4 Å². The molecule has 4 aromatic rings. The van der Waals surface area contributed by atoms with Crippen molar-refractivity contribution in [2.75, 3.05) is 0 Å². The molecule has 5 rings (SSSR count). The van der Waals surface area contributed by atoms with Crippen LogP contribution in [0.1, 0.15) is 0 Å². The van der Waals surface area contributed by atoms with Gasteiger partial charge in [0.25, 0.3) is 0 Å². The molecule has 0 bridgehead atoms. The van der Waals surface area contributed by atoms with Crippen LogP contribution in [0.15, 0.2) is 126 Å². The smallest absolute Gasteiger partial charge is 0.171 e. The molecule has 0 unspecified atom stereocenters. The molecule has 0 aromatic heterocycles. The first-order chi connectivity index (χ1) is 21.5. The fourth-order valence-corrected chi connectivity index (χ4v) is 23.1. The van der Waals surface area contributed by atoms with Crippen molar-refractivity contribution in [3.63, 3.8) is 0 Å². The van der Waals surface area contributed by atoms with Crippen LogP contribution in [0.25, 0.3) is 4.75 Å². The minimum absolute atomic E-state index is 0. The van der Waals surface area contributed by atoms with Gasteiger partial charge in [0.1, 0.15) is 0 Å². The molecular formula is C39H47N2P2Si2Sm-. The van der Waals surface area contributed by atoms with Crippen molar-refractivity contribution in [3.05, 3.63) is 177 Å². The predicted molar refractivity (Wildman–Crippen MR) is 211 cm³/mol. The Bertz CT molecular complexity index is 1440. The summed E-state index contributed by atoms with van der Waals surface area (Å²) in [5, 5.41) is 5.24. The summed E-state index contributed by atoms with van der Waals surface area (Å²) in [6.07, 6.45) is 16.0. The van der Waals surface area contributed by atoms with Crippen LogP contribution in [0.5, 0.6) is 0 Å². The fourth-order valence-electron chi connectivity index (χ4n) is 5.17. The summed E-state index contributed by atoms with van der Waals surface area (Å²) >= 11 is 0. The van der Waals surface area contributed by atoms with E-state index in [2.05, 4.69) is 166 Å². The Labute approximate surface area is 316 Å². The second-order valence-corrected chi connectivity index (χ2v) is 28.9. The van der Waals surface area contributed by atoms with E-state index in [-0.39, 0.29) is 40.4 Å². The van der Waals surface area contributed by atoms with Crippen molar-refractivity contribution in [1.82, 2.24) is 0 Å². The summed E-state index contributed by atoms with van der Waals surface area (Å²) in [4.78, 5) is 0. The van der Waals surface area contributed by atoms with Gasteiger partial charge < -0.3 is 9.16 Å². The van der Waals surface area contributed by atoms with E-state index in [4.69, 9.17) is 9.16 Å². The molecule has 0 atom stereocenters. The van der Waals surface area contributed by atoms with E-state index >= 15 is 0 Å². The van der Waals surface area contributed by atoms with Gasteiger partial charge in [0.05, 0.1) is 0 Å². The maximum Gasteiger partial charge on any atom is 0.171 e. The molecule has 0 N–H and O–H groups in total. The van der Waals surface area contributed by atoms with Crippen molar-refractivity contribution in [3.8, 4) is 0 Å². The molecule has 2 nitrogen and oxygen atoms in total. The van der Waals surface area contributed by atoms with Crippen LogP contribution in [-0.2, 0) is 0 Å². The normalized spacial score (nSPS) is 14.4. The second kappa shape index (κ2) is 18.8. The summed E-state index contributed by atoms with van der Waals surface area (Å²) in [6.45, 7) is 14.2. The summed E-state index contributed by atoms with van der Waals surface area (Å²) in [5.74, 6) is 0. The standard InChI is InChI=1S/C31H39N2P2Si2.C8H8.Sm/c1-36(2,3)32-34(28-19-11-7-12-20-28,29-21-13-8-14-22-29)27-35(33-37(4,5)6,30-23-15-9-16-24-30)31-25-17-10-18-26-31;1-2-4-6-8-7-5-3-1;/h7-27H,1-6H3;1-8H;/q-1;;. The summed E-state index contributed by atoms with van der Waals surface area (Å²) < 4.78 is 11.8. The summed E-state index contributed by atoms with van der Waals surface area (Å²) in [5.41, 5.74) is 2.69. The van der Waals surface area contributed by atoms with E-state index in [1.165, 1.54) is 21.2 Å². The van der Waals surface area contributed by atoms with Gasteiger partial charge in [-0.15, -0.1) is 7.04 Å². The predicted octanol–water partition coefficient (Wildman–Crippen LogP) is 9.86. The molecule has 8 radical (unpaired) electrons. The first-order valence-electron chi connectivity index (χ1n) is 15.6. The average molecular weight is 812 g/mol. The van der Waals surface area contributed by atoms with Crippen LogP contribution >= 0.6 is 14.1 Å². The van der Waals surface area contributed by atoms with Crippen molar-refractivity contribution in [2.24, 2.45) is 4.41 Å². The van der Waals surface area contributed by atoms with Gasteiger partial charge >= 0.3 is 0 Å². The zero-order chi connectivity index (χ0) is 32.2. The summed E-state index contributed by atoms with van der Waals surface area (Å²) in [7, 11) is -8.42. The second-order valence-electron chi connectivity index (χ2n) is 12.9. The minimum atomic E-state index is -2.32. The van der Waals surface area contributed by atoms with Crippen LogP contribution in [0.2, 0.25) is 39.3 Å². The number of rotatable bonds is 8. The van der Waals surface area contributed by atoms with Gasteiger partial charge in [-0.2, -0.15) is 0 Å². The summed E-state index contributed by atoms with van der Waals surface area (Å²) in [6, 6.07) is 44.1. The molecule has 0 spiro atoms. The zero-order valence-electron chi connectivity index (χ0n) is 27.9. The Morgan fingerprint density at radius 2 is 0.739 bits per heavy atom. The van der Waals surface area contributed by atoms with Gasteiger partial charge in [0.15, 0.2) is 8.24 Å². The largest absolute Gasteiger partial charge is 0.631 e. The molecule has 4 aromatic carbocycles. The van der Waals surface area contributed by atoms with Gasteiger partial charge in [-0.05, 0) is 72.6 Å². The molecular weight excluding hydrogens is 765 g/mol. The molecule has 0 heterocycles. The molecule has 1 fully saturated rings. The maximum atomic E-state index is 5.92. The Morgan fingerprint density at radius 3 is 1.00 bits per heavy atom. The Balaban J connectivity index is 0.000000559. The molecule has 0 amide bonds. The van der Waals surface area contributed by atoms with Crippen LogP contribution in [-0.4, -0.2) is 22.0 Å². The number of nitrogens with zero attached hydrogens (tertiary/aromatic N) is 2. The van der Waals surface area contributed by atoms with Gasteiger partial charge in [-0.1, -0.05) is 174 Å². The Kier molecular flexibility index (Phi) is 16.2. The van der Waals surface area contributed by atoms with E-state index in [9.17, 15) is 0 Å². The monoisotopic (exact) mass is 813 g/mol. The third kappa shape index (κ3) is 11.6. The molecule has 0 aliphatic heterocycles. The third-order valence-corrected chi connectivity index (χ3v) is 21.1. The molecule has 1 aliphatic carbocycles. The number of benzene rings is 4. The van der Waals surface area contributed by atoms with Crippen LogP contribution < -0.4 is 21.2 Å². The zero-order valence-corrected chi connectivity index (χ0v) is 34.3. The van der Waals surface area contributed by atoms with E-state index in [0.29, 0.717) is 0 Å². The third-order valence-electron chi connectivity index (χ3n) is 6.74. The van der Waals surface area contributed by atoms with E-state index < -0.39 is 30.6 Å². The van der Waals surface area contributed by atoms with E-state index in [1.54, 1.807) is 0 Å². The first-order valence-corrected chi connectivity index (χ1v) is 26.1. The average Bonchev–Trinajstić information content (AvgIpc) is 3.01. The fraction of sp³-hybridized carbons (Fsp3) is 0.154. The van der Waals surface area contributed by atoms with Gasteiger partial charge in [0.2, 0.25) is 0 Å². The number of hydrogen-bond acceptors (Lipinski definition) is 1. The van der Waals surface area contributed by atoms with Crippen LogP contribution in [0.4, 0.5) is 0 Å². The van der Waals surface area contributed by atoms with Crippen molar-refractivity contribution >= 4 is 57.3 Å². The SMILES string of the molecule is C[Si](C)(C)N=P(C=P([N-][Si](C)(C)C)(c1ccccc1)c1ccccc1)(c1ccccc1)c1ccccc1.[CH]1[CH][CH][CH][CH][CH][CH][CH]1.[Sm]. The van der Waals surface area contributed by atoms with Crippen molar-refractivity contribution in [1.29, 1.82) is 0 Å². The van der Waals surface area contributed by atoms with Gasteiger partial charge in [-0.25, -0.2) is 0 Å². The first kappa shape index (κ1) is 39.6.